The van der Waals surface area contributed by atoms with Crippen molar-refractivity contribution < 1.29 is 18.4 Å². The minimum absolute atomic E-state index is 0.00905. The first kappa shape index (κ1) is 22.5. The Bertz CT molecular complexity index is 1630. The lowest BCUT2D eigenvalue weighted by molar-refractivity contribution is -0.126. The van der Waals surface area contributed by atoms with Crippen LogP contribution in [0, 0.1) is 5.82 Å². The number of hydrogen-bond acceptors (Lipinski definition) is 4. The van der Waals surface area contributed by atoms with Gasteiger partial charge in [0, 0.05) is 17.1 Å². The van der Waals surface area contributed by atoms with Crippen LogP contribution in [0.25, 0.3) is 11.0 Å². The zero-order valence-electron chi connectivity index (χ0n) is 19.3. The van der Waals surface area contributed by atoms with E-state index in [1.165, 1.54) is 23.1 Å². The van der Waals surface area contributed by atoms with Crippen LogP contribution in [-0.4, -0.2) is 23.3 Å². The SMILES string of the molecule is CCCN1C(=O)c2oc3ccc(Cl)cc3c(=O)c2C12C(=O)N(Cc1ccc(F)cc1)c1ccccc12. The number of rotatable bonds is 4. The van der Waals surface area contributed by atoms with E-state index in [1.807, 2.05) is 6.92 Å². The van der Waals surface area contributed by atoms with Crippen LogP contribution >= 0.6 is 11.6 Å². The second-order valence-corrected chi connectivity index (χ2v) is 9.41. The Hall–Kier alpha value is -3.97. The fourth-order valence-corrected chi connectivity index (χ4v) is 5.59. The normalized spacial score (nSPS) is 18.4. The highest BCUT2D eigenvalue weighted by atomic mass is 35.5. The first-order valence-corrected chi connectivity index (χ1v) is 12.0. The van der Waals surface area contributed by atoms with Gasteiger partial charge in [-0.3, -0.25) is 14.4 Å². The van der Waals surface area contributed by atoms with Crippen LogP contribution < -0.4 is 10.3 Å². The van der Waals surface area contributed by atoms with Gasteiger partial charge in [0.05, 0.1) is 23.2 Å². The van der Waals surface area contributed by atoms with Crippen LogP contribution in [0.4, 0.5) is 10.1 Å². The third-order valence-corrected chi connectivity index (χ3v) is 7.13. The quantitative estimate of drug-likeness (QED) is 0.382. The van der Waals surface area contributed by atoms with E-state index in [2.05, 4.69) is 0 Å². The van der Waals surface area contributed by atoms with Gasteiger partial charge in [0.1, 0.15) is 11.4 Å². The maximum atomic E-state index is 14.5. The predicted molar refractivity (Wildman–Crippen MR) is 134 cm³/mol. The number of hydrogen-bond donors (Lipinski definition) is 0. The van der Waals surface area contributed by atoms with Gasteiger partial charge in [-0.1, -0.05) is 48.9 Å². The molecule has 8 heteroatoms. The molecule has 3 aromatic carbocycles. The third kappa shape index (κ3) is 2.92. The van der Waals surface area contributed by atoms with Gasteiger partial charge in [-0.25, -0.2) is 4.39 Å². The molecule has 2 aliphatic heterocycles. The van der Waals surface area contributed by atoms with Crippen molar-refractivity contribution in [2.24, 2.45) is 0 Å². The van der Waals surface area contributed by atoms with Crippen molar-refractivity contribution in [3.8, 4) is 0 Å². The van der Waals surface area contributed by atoms with Crippen molar-refractivity contribution in [3.63, 3.8) is 0 Å². The molecule has 6 nitrogen and oxygen atoms in total. The predicted octanol–water partition coefficient (Wildman–Crippen LogP) is 5.24. The smallest absolute Gasteiger partial charge is 0.291 e. The number of anilines is 1. The Morgan fingerprint density at radius 1 is 1.00 bits per heavy atom. The van der Waals surface area contributed by atoms with Gasteiger partial charge in [-0.05, 0) is 48.4 Å². The molecule has 0 bridgehead atoms. The molecular weight excluding hydrogens is 483 g/mol. The number of nitrogens with zero attached hydrogens (tertiary/aromatic N) is 2. The number of para-hydroxylation sites is 1. The van der Waals surface area contributed by atoms with Gasteiger partial charge >= 0.3 is 0 Å². The Labute approximate surface area is 210 Å². The number of benzene rings is 3. The van der Waals surface area contributed by atoms with Gasteiger partial charge in [-0.15, -0.1) is 0 Å². The Kier molecular flexibility index (Phi) is 5.02. The molecule has 1 atom stereocenters. The van der Waals surface area contributed by atoms with Crippen molar-refractivity contribution >= 4 is 40.1 Å². The summed E-state index contributed by atoms with van der Waals surface area (Å²) in [7, 11) is 0. The van der Waals surface area contributed by atoms with E-state index in [1.54, 1.807) is 53.4 Å². The summed E-state index contributed by atoms with van der Waals surface area (Å²) in [5, 5.41) is 0.545. The number of fused-ring (bicyclic) bond motifs is 5. The first-order chi connectivity index (χ1) is 17.4. The lowest BCUT2D eigenvalue weighted by Crippen LogP contribution is -2.53. The summed E-state index contributed by atoms with van der Waals surface area (Å²) in [5.41, 5.74) is -0.0731. The van der Waals surface area contributed by atoms with E-state index in [0.29, 0.717) is 28.3 Å². The minimum atomic E-state index is -1.67. The third-order valence-electron chi connectivity index (χ3n) is 6.90. The lowest BCUT2D eigenvalue weighted by Gasteiger charge is -2.34. The fraction of sp³-hybridized carbons (Fsp3) is 0.179. The molecule has 2 aliphatic rings. The molecule has 1 aromatic heterocycles. The van der Waals surface area contributed by atoms with E-state index in [9.17, 15) is 18.8 Å². The van der Waals surface area contributed by atoms with E-state index in [4.69, 9.17) is 16.0 Å². The molecule has 0 radical (unpaired) electrons. The molecule has 2 amide bonds. The molecular formula is C28H20ClFN2O4. The van der Waals surface area contributed by atoms with Crippen molar-refractivity contribution in [2.45, 2.75) is 25.4 Å². The summed E-state index contributed by atoms with van der Waals surface area (Å²) in [6, 6.07) is 17.6. The topological polar surface area (TPSA) is 70.8 Å². The summed E-state index contributed by atoms with van der Waals surface area (Å²) < 4.78 is 19.5. The van der Waals surface area contributed by atoms with Crippen LogP contribution in [-0.2, 0) is 16.9 Å². The molecule has 1 spiro atoms. The molecule has 3 heterocycles. The lowest BCUT2D eigenvalue weighted by atomic mass is 9.84. The zero-order valence-corrected chi connectivity index (χ0v) is 20.0. The largest absolute Gasteiger partial charge is 0.450 e. The molecule has 180 valence electrons. The van der Waals surface area contributed by atoms with Crippen LogP contribution in [0.1, 0.15) is 40.6 Å². The molecule has 4 aromatic rings. The molecule has 1 unspecified atom stereocenters. The van der Waals surface area contributed by atoms with Gasteiger partial charge in [-0.2, -0.15) is 0 Å². The number of amides is 2. The van der Waals surface area contributed by atoms with Gasteiger partial charge < -0.3 is 14.2 Å². The highest BCUT2D eigenvalue weighted by Crippen LogP contribution is 2.52. The summed E-state index contributed by atoms with van der Waals surface area (Å²) in [4.78, 5) is 45.2. The Morgan fingerprint density at radius 2 is 1.75 bits per heavy atom. The average Bonchev–Trinajstić information content (AvgIpc) is 3.26. The molecule has 0 fully saturated rings. The summed E-state index contributed by atoms with van der Waals surface area (Å²) in [6.07, 6.45) is 0.564. The summed E-state index contributed by atoms with van der Waals surface area (Å²) >= 11 is 6.17. The van der Waals surface area contributed by atoms with Crippen molar-refractivity contribution in [1.82, 2.24) is 4.90 Å². The second kappa shape index (κ2) is 8.03. The zero-order chi connectivity index (χ0) is 25.2. The molecule has 0 aliphatic carbocycles. The Balaban J connectivity index is 1.65. The summed E-state index contributed by atoms with van der Waals surface area (Å²) in [5.74, 6) is -1.44. The summed E-state index contributed by atoms with van der Waals surface area (Å²) in [6.45, 7) is 2.28. The van der Waals surface area contributed by atoms with E-state index in [-0.39, 0.29) is 41.2 Å². The van der Waals surface area contributed by atoms with Gasteiger partial charge in [0.15, 0.2) is 11.0 Å². The maximum absolute atomic E-state index is 14.5. The molecule has 0 saturated heterocycles. The van der Waals surface area contributed by atoms with Gasteiger partial charge in [0.25, 0.3) is 11.8 Å². The van der Waals surface area contributed by atoms with Crippen LogP contribution in [0.5, 0.6) is 0 Å². The average molecular weight is 503 g/mol. The van der Waals surface area contributed by atoms with Gasteiger partial charge in [0.2, 0.25) is 5.76 Å². The van der Waals surface area contributed by atoms with E-state index < -0.39 is 22.8 Å². The highest BCUT2D eigenvalue weighted by Gasteiger charge is 2.64. The van der Waals surface area contributed by atoms with Crippen molar-refractivity contribution in [2.75, 3.05) is 11.4 Å². The highest BCUT2D eigenvalue weighted by molar-refractivity contribution is 6.31. The monoisotopic (exact) mass is 502 g/mol. The Morgan fingerprint density at radius 3 is 2.50 bits per heavy atom. The standard InChI is InChI=1S/C28H20ClFN2O4/c1-2-13-32-26(34)25-23(24(33)19-14-17(29)9-12-22(19)36-25)28(32)20-5-3-4-6-21(20)31(27(28)35)15-16-7-10-18(30)11-8-16/h3-12,14H,2,13,15H2,1H3. The molecule has 36 heavy (non-hydrogen) atoms. The second-order valence-electron chi connectivity index (χ2n) is 8.98. The van der Waals surface area contributed by atoms with E-state index in [0.717, 1.165) is 0 Å². The maximum Gasteiger partial charge on any atom is 0.291 e. The number of carbonyl (C=O) groups excluding carboxylic acids is 2. The molecule has 6 rings (SSSR count). The van der Waals surface area contributed by atoms with Crippen LogP contribution in [0.15, 0.2) is 75.9 Å². The van der Waals surface area contributed by atoms with Crippen LogP contribution in [0.3, 0.4) is 0 Å². The van der Waals surface area contributed by atoms with Crippen molar-refractivity contribution in [1.29, 1.82) is 0 Å². The molecule has 0 saturated carbocycles. The fourth-order valence-electron chi connectivity index (χ4n) is 5.42. The molecule has 0 N–H and O–H groups in total. The van der Waals surface area contributed by atoms with Crippen molar-refractivity contribution in [3.05, 3.63) is 110 Å². The van der Waals surface area contributed by atoms with E-state index >= 15 is 0 Å². The first-order valence-electron chi connectivity index (χ1n) is 11.6. The number of halogens is 2. The minimum Gasteiger partial charge on any atom is -0.450 e. The van der Waals surface area contributed by atoms with Crippen LogP contribution in [0.2, 0.25) is 5.02 Å². The number of carbonyl (C=O) groups is 2.